The second-order valence-electron chi connectivity index (χ2n) is 3.42. The molecule has 0 saturated heterocycles. The van der Waals surface area contributed by atoms with Crippen LogP contribution in [-0.4, -0.2) is 5.78 Å². The zero-order valence-corrected chi connectivity index (χ0v) is 8.16. The topological polar surface area (TPSA) is 52.9 Å². The number of hydrogen-bond donors (Lipinski definition) is 1. The molecule has 0 bridgehead atoms. The van der Waals surface area contributed by atoms with E-state index in [1.807, 2.05) is 18.2 Å². The first-order valence-corrected chi connectivity index (χ1v) is 4.79. The lowest BCUT2D eigenvalue weighted by Gasteiger charge is -2.07. The lowest BCUT2D eigenvalue weighted by Crippen LogP contribution is -1.98. The minimum Gasteiger partial charge on any atom is -0.358 e. The summed E-state index contributed by atoms with van der Waals surface area (Å²) in [7, 11) is 0. The average molecular weight is 198 g/mol. The molecule has 3 nitrogen and oxygen atoms in total. The van der Waals surface area contributed by atoms with Crippen LogP contribution in [0.3, 0.4) is 0 Å². The molecule has 0 radical (unpaired) electrons. The Bertz CT molecular complexity index is 469. The summed E-state index contributed by atoms with van der Waals surface area (Å²) in [4.78, 5) is 11.0. The van der Waals surface area contributed by atoms with Gasteiger partial charge in [0.05, 0.1) is 11.3 Å². The zero-order chi connectivity index (χ0) is 10.7. The molecule has 0 unspecified atom stereocenters. The van der Waals surface area contributed by atoms with Gasteiger partial charge in [-0.25, -0.2) is 0 Å². The Hall–Kier alpha value is -2.08. The van der Waals surface area contributed by atoms with Gasteiger partial charge in [-0.05, 0) is 18.6 Å². The number of carbonyl (C=O) groups excluding carboxylic acids is 1. The molecular formula is C12H10N2O. The molecule has 1 N–H and O–H groups in total. The number of para-hydroxylation sites is 1. The molecule has 3 heteroatoms. The minimum atomic E-state index is 0.145. The first kappa shape index (κ1) is 9.47. The fourth-order valence-corrected chi connectivity index (χ4v) is 1.56. The van der Waals surface area contributed by atoms with Gasteiger partial charge in [-0.2, -0.15) is 5.26 Å². The van der Waals surface area contributed by atoms with Crippen LogP contribution in [0.4, 0.5) is 5.69 Å². The van der Waals surface area contributed by atoms with E-state index in [4.69, 9.17) is 5.26 Å². The summed E-state index contributed by atoms with van der Waals surface area (Å²) in [6.07, 6.45) is 2.91. The third-order valence-corrected chi connectivity index (χ3v) is 2.32. The summed E-state index contributed by atoms with van der Waals surface area (Å²) >= 11 is 0. The Labute approximate surface area is 88.0 Å². The predicted molar refractivity (Wildman–Crippen MR) is 57.1 cm³/mol. The van der Waals surface area contributed by atoms with Crippen LogP contribution in [0, 0.1) is 11.3 Å². The van der Waals surface area contributed by atoms with E-state index in [2.05, 4.69) is 11.4 Å². The third kappa shape index (κ3) is 2.05. The summed E-state index contributed by atoms with van der Waals surface area (Å²) in [5.74, 6) is 0.145. The number of nitrogens with zero attached hydrogens (tertiary/aromatic N) is 1. The molecule has 1 aromatic rings. The van der Waals surface area contributed by atoms with Gasteiger partial charge in [0.25, 0.3) is 0 Å². The number of benzene rings is 1. The molecule has 1 aliphatic rings. The van der Waals surface area contributed by atoms with E-state index in [0.29, 0.717) is 12.0 Å². The Balaban J connectivity index is 2.22. The van der Waals surface area contributed by atoms with E-state index >= 15 is 0 Å². The Morgan fingerprint density at radius 3 is 2.73 bits per heavy atom. The van der Waals surface area contributed by atoms with E-state index in [1.54, 1.807) is 12.1 Å². The van der Waals surface area contributed by atoms with Crippen molar-refractivity contribution in [2.24, 2.45) is 0 Å². The maximum absolute atomic E-state index is 11.0. The van der Waals surface area contributed by atoms with E-state index in [0.717, 1.165) is 17.8 Å². The maximum Gasteiger partial charge on any atom is 0.157 e. The highest BCUT2D eigenvalue weighted by Gasteiger charge is 2.12. The molecule has 0 fully saturated rings. The minimum absolute atomic E-state index is 0.145. The molecule has 0 aromatic heterocycles. The van der Waals surface area contributed by atoms with Crippen LogP contribution >= 0.6 is 0 Å². The monoisotopic (exact) mass is 198 g/mol. The summed E-state index contributed by atoms with van der Waals surface area (Å²) < 4.78 is 0. The number of nitrogens with one attached hydrogen (secondary N) is 1. The van der Waals surface area contributed by atoms with Crippen LogP contribution in [0.15, 0.2) is 36.0 Å². The molecule has 0 spiro atoms. The van der Waals surface area contributed by atoms with Gasteiger partial charge in [0.15, 0.2) is 5.78 Å². The van der Waals surface area contributed by atoms with E-state index in [1.165, 1.54) is 0 Å². The van der Waals surface area contributed by atoms with Gasteiger partial charge in [0.1, 0.15) is 6.07 Å². The van der Waals surface area contributed by atoms with Crippen LogP contribution in [0.25, 0.3) is 0 Å². The normalized spacial score (nSPS) is 14.6. The van der Waals surface area contributed by atoms with Crippen molar-refractivity contribution in [3.63, 3.8) is 0 Å². The second-order valence-corrected chi connectivity index (χ2v) is 3.42. The molecule has 0 heterocycles. The third-order valence-electron chi connectivity index (χ3n) is 2.32. The van der Waals surface area contributed by atoms with Gasteiger partial charge in [-0.1, -0.05) is 12.1 Å². The SMILES string of the molecule is N#Cc1ccccc1NC1=CC(=O)CC1. The van der Waals surface area contributed by atoms with Gasteiger partial charge in [-0.15, -0.1) is 0 Å². The highest BCUT2D eigenvalue weighted by molar-refractivity contribution is 5.93. The van der Waals surface area contributed by atoms with Crippen molar-refractivity contribution in [1.82, 2.24) is 0 Å². The van der Waals surface area contributed by atoms with E-state index in [9.17, 15) is 4.79 Å². The summed E-state index contributed by atoms with van der Waals surface area (Å²) in [5, 5.41) is 12.0. The molecule has 0 aliphatic heterocycles. The van der Waals surface area contributed by atoms with Crippen molar-refractivity contribution in [2.75, 3.05) is 5.32 Å². The Morgan fingerprint density at radius 2 is 2.07 bits per heavy atom. The summed E-state index contributed by atoms with van der Waals surface area (Å²) in [6.45, 7) is 0. The number of ketones is 1. The fourth-order valence-electron chi connectivity index (χ4n) is 1.56. The van der Waals surface area contributed by atoms with Crippen LogP contribution in [0.2, 0.25) is 0 Å². The number of nitriles is 1. The molecule has 1 aromatic carbocycles. The van der Waals surface area contributed by atoms with Crippen LogP contribution in [0.5, 0.6) is 0 Å². The van der Waals surface area contributed by atoms with Crippen LogP contribution < -0.4 is 5.32 Å². The fraction of sp³-hybridized carbons (Fsp3) is 0.167. The number of rotatable bonds is 2. The van der Waals surface area contributed by atoms with Gasteiger partial charge in [-0.3, -0.25) is 4.79 Å². The number of anilines is 1. The lowest BCUT2D eigenvalue weighted by atomic mass is 10.2. The highest BCUT2D eigenvalue weighted by Crippen LogP contribution is 2.21. The highest BCUT2D eigenvalue weighted by atomic mass is 16.1. The average Bonchev–Trinajstić information content (AvgIpc) is 2.65. The summed E-state index contributed by atoms with van der Waals surface area (Å²) in [5.41, 5.74) is 2.25. The molecule has 0 atom stereocenters. The predicted octanol–water partition coefficient (Wildman–Crippen LogP) is 2.22. The van der Waals surface area contributed by atoms with Crippen molar-refractivity contribution in [3.8, 4) is 6.07 Å². The first-order chi connectivity index (χ1) is 7.29. The number of allylic oxidation sites excluding steroid dienone is 2. The molecule has 15 heavy (non-hydrogen) atoms. The molecular weight excluding hydrogens is 188 g/mol. The number of hydrogen-bond acceptors (Lipinski definition) is 3. The Kier molecular flexibility index (Phi) is 2.51. The maximum atomic E-state index is 11.0. The van der Waals surface area contributed by atoms with Crippen molar-refractivity contribution < 1.29 is 4.79 Å². The molecule has 0 saturated carbocycles. The van der Waals surface area contributed by atoms with E-state index in [-0.39, 0.29) is 5.78 Å². The second kappa shape index (κ2) is 3.97. The van der Waals surface area contributed by atoms with Gasteiger partial charge >= 0.3 is 0 Å². The van der Waals surface area contributed by atoms with Crippen LogP contribution in [-0.2, 0) is 4.79 Å². The number of carbonyl (C=O) groups is 1. The summed E-state index contributed by atoms with van der Waals surface area (Å²) in [6, 6.07) is 9.37. The van der Waals surface area contributed by atoms with Gasteiger partial charge in [0.2, 0.25) is 0 Å². The quantitative estimate of drug-likeness (QED) is 0.792. The Morgan fingerprint density at radius 1 is 1.27 bits per heavy atom. The molecule has 1 aliphatic carbocycles. The largest absolute Gasteiger partial charge is 0.358 e. The van der Waals surface area contributed by atoms with Crippen molar-refractivity contribution in [3.05, 3.63) is 41.6 Å². The van der Waals surface area contributed by atoms with Crippen LogP contribution in [0.1, 0.15) is 18.4 Å². The van der Waals surface area contributed by atoms with Crippen molar-refractivity contribution in [2.45, 2.75) is 12.8 Å². The molecule has 0 amide bonds. The van der Waals surface area contributed by atoms with Crippen molar-refractivity contribution in [1.29, 1.82) is 5.26 Å². The van der Waals surface area contributed by atoms with Gasteiger partial charge in [0, 0.05) is 18.2 Å². The van der Waals surface area contributed by atoms with Gasteiger partial charge < -0.3 is 5.32 Å². The zero-order valence-electron chi connectivity index (χ0n) is 8.16. The standard InChI is InChI=1S/C12H10N2O/c13-8-9-3-1-2-4-12(9)14-10-5-6-11(15)7-10/h1-4,7,14H,5-6H2. The van der Waals surface area contributed by atoms with E-state index < -0.39 is 0 Å². The smallest absolute Gasteiger partial charge is 0.157 e. The first-order valence-electron chi connectivity index (χ1n) is 4.79. The molecule has 2 rings (SSSR count). The van der Waals surface area contributed by atoms with Crippen molar-refractivity contribution >= 4 is 11.5 Å². The molecule has 74 valence electrons. The lowest BCUT2D eigenvalue weighted by molar-refractivity contribution is -0.114.